The molecule has 0 aliphatic carbocycles. The minimum atomic E-state index is 0.869. The molecule has 0 amide bonds. The molecule has 2 heterocycles. The molecule has 2 aromatic heterocycles. The molecule has 0 aliphatic rings. The molecule has 0 spiro atoms. The van der Waals surface area contributed by atoms with Crippen LogP contribution in [0.5, 0.6) is 0 Å². The van der Waals surface area contributed by atoms with Gasteiger partial charge in [-0.25, -0.2) is 0 Å². The molecular formula is C50H32N2O. The molecule has 53 heavy (non-hydrogen) atoms. The molecule has 0 N–H and O–H groups in total. The van der Waals surface area contributed by atoms with Gasteiger partial charge < -0.3 is 13.9 Å². The molecule has 0 aliphatic heterocycles. The van der Waals surface area contributed by atoms with Gasteiger partial charge in [0.25, 0.3) is 0 Å². The number of hydrogen-bond acceptors (Lipinski definition) is 2. The highest BCUT2D eigenvalue weighted by Crippen LogP contribution is 2.48. The maximum atomic E-state index is 6.99. The lowest BCUT2D eigenvalue weighted by molar-refractivity contribution is 0.669. The van der Waals surface area contributed by atoms with Crippen molar-refractivity contribution in [2.45, 2.75) is 0 Å². The van der Waals surface area contributed by atoms with Gasteiger partial charge in [0.15, 0.2) is 5.58 Å². The van der Waals surface area contributed by atoms with Crippen LogP contribution in [0.2, 0.25) is 0 Å². The van der Waals surface area contributed by atoms with E-state index in [2.05, 4.69) is 204 Å². The topological polar surface area (TPSA) is 21.3 Å². The van der Waals surface area contributed by atoms with Crippen LogP contribution in [0.1, 0.15) is 0 Å². The zero-order chi connectivity index (χ0) is 34.9. The first-order valence-corrected chi connectivity index (χ1v) is 18.1. The Bertz CT molecular complexity index is 3160. The van der Waals surface area contributed by atoms with Crippen molar-refractivity contribution in [3.63, 3.8) is 0 Å². The number of benzene rings is 9. The van der Waals surface area contributed by atoms with Crippen LogP contribution in [0.15, 0.2) is 199 Å². The Morgan fingerprint density at radius 3 is 1.79 bits per heavy atom. The number of rotatable bonds is 5. The van der Waals surface area contributed by atoms with E-state index >= 15 is 0 Å². The maximum Gasteiger partial charge on any atom is 0.160 e. The second-order valence-corrected chi connectivity index (χ2v) is 13.7. The molecular weight excluding hydrogens is 645 g/mol. The van der Waals surface area contributed by atoms with Crippen LogP contribution >= 0.6 is 0 Å². The highest BCUT2D eigenvalue weighted by Gasteiger charge is 2.24. The lowest BCUT2D eigenvalue weighted by Gasteiger charge is -2.26. The summed E-state index contributed by atoms with van der Waals surface area (Å²) in [7, 11) is 0. The molecule has 0 unspecified atom stereocenters. The molecule has 0 atom stereocenters. The summed E-state index contributed by atoms with van der Waals surface area (Å²) < 4.78 is 9.36. The van der Waals surface area contributed by atoms with Gasteiger partial charge in [0.1, 0.15) is 5.58 Å². The summed E-state index contributed by atoms with van der Waals surface area (Å²) >= 11 is 0. The standard InChI is InChI=1S/C50H32N2O/c1-3-13-33(14-4-1)34-23-26-38(27-24-34)51(39-28-29-45-43(32-39)42-21-11-12-22-44(42)52(45)37-17-5-2-6-18-37)46-31-36-16-8-10-20-41(36)49-48-40-19-9-7-15-35(40)25-30-47(48)53-50(46)49/h1-32H. The quantitative estimate of drug-likeness (QED) is 0.181. The summed E-state index contributed by atoms with van der Waals surface area (Å²) in [6, 6.07) is 69.6. The molecule has 11 aromatic rings. The number of furan rings is 1. The Labute approximate surface area is 306 Å². The second-order valence-electron chi connectivity index (χ2n) is 13.7. The van der Waals surface area contributed by atoms with Crippen molar-refractivity contribution in [2.24, 2.45) is 0 Å². The van der Waals surface area contributed by atoms with Gasteiger partial charge in [0.2, 0.25) is 0 Å². The molecule has 0 radical (unpaired) electrons. The van der Waals surface area contributed by atoms with Crippen molar-refractivity contribution in [1.82, 2.24) is 4.57 Å². The zero-order valence-electron chi connectivity index (χ0n) is 28.8. The summed E-state index contributed by atoms with van der Waals surface area (Å²) in [5.74, 6) is 0. The van der Waals surface area contributed by atoms with Crippen LogP contribution < -0.4 is 4.90 Å². The Hall–Kier alpha value is -7.10. The van der Waals surface area contributed by atoms with E-state index < -0.39 is 0 Å². The highest BCUT2D eigenvalue weighted by atomic mass is 16.3. The van der Waals surface area contributed by atoms with E-state index in [9.17, 15) is 0 Å². The number of nitrogens with zero attached hydrogens (tertiary/aromatic N) is 2. The van der Waals surface area contributed by atoms with Crippen LogP contribution in [0.4, 0.5) is 17.1 Å². The molecule has 0 fully saturated rings. The van der Waals surface area contributed by atoms with E-state index in [-0.39, 0.29) is 0 Å². The third kappa shape index (κ3) is 4.61. The maximum absolute atomic E-state index is 6.99. The van der Waals surface area contributed by atoms with Gasteiger partial charge in [-0.15, -0.1) is 0 Å². The van der Waals surface area contributed by atoms with Crippen molar-refractivity contribution in [1.29, 1.82) is 0 Å². The highest BCUT2D eigenvalue weighted by molar-refractivity contribution is 6.29. The van der Waals surface area contributed by atoms with E-state index in [1.54, 1.807) is 0 Å². The smallest absolute Gasteiger partial charge is 0.160 e. The fourth-order valence-corrected chi connectivity index (χ4v) is 8.35. The van der Waals surface area contributed by atoms with E-state index in [1.807, 2.05) is 0 Å². The van der Waals surface area contributed by atoms with Crippen LogP contribution in [0.25, 0.3) is 82.1 Å². The Balaban J connectivity index is 1.22. The summed E-state index contributed by atoms with van der Waals surface area (Å²) in [5.41, 5.74) is 10.7. The van der Waals surface area contributed by atoms with E-state index in [4.69, 9.17) is 4.42 Å². The molecule has 248 valence electrons. The van der Waals surface area contributed by atoms with Crippen LogP contribution in [0.3, 0.4) is 0 Å². The first-order valence-electron chi connectivity index (χ1n) is 18.1. The summed E-state index contributed by atoms with van der Waals surface area (Å²) in [6.45, 7) is 0. The molecule has 11 rings (SSSR count). The van der Waals surface area contributed by atoms with Gasteiger partial charge in [-0.3, -0.25) is 0 Å². The minimum Gasteiger partial charge on any atom is -0.454 e. The molecule has 3 nitrogen and oxygen atoms in total. The average Bonchev–Trinajstić information content (AvgIpc) is 3.79. The van der Waals surface area contributed by atoms with Gasteiger partial charge in [0.05, 0.1) is 16.7 Å². The van der Waals surface area contributed by atoms with Crippen molar-refractivity contribution in [3.05, 3.63) is 194 Å². The lowest BCUT2D eigenvalue weighted by atomic mass is 9.98. The van der Waals surface area contributed by atoms with Gasteiger partial charge in [-0.2, -0.15) is 0 Å². The van der Waals surface area contributed by atoms with E-state index in [1.165, 1.54) is 54.5 Å². The van der Waals surface area contributed by atoms with Crippen molar-refractivity contribution < 1.29 is 4.42 Å². The van der Waals surface area contributed by atoms with Crippen molar-refractivity contribution >= 4 is 82.4 Å². The molecule has 0 bridgehead atoms. The summed E-state index contributed by atoms with van der Waals surface area (Å²) in [5, 5.41) is 9.44. The Kier molecular flexibility index (Phi) is 6.55. The summed E-state index contributed by atoms with van der Waals surface area (Å²) in [4.78, 5) is 2.38. The number of hydrogen-bond donors (Lipinski definition) is 0. The molecule has 0 saturated heterocycles. The van der Waals surface area contributed by atoms with Gasteiger partial charge in [-0.1, -0.05) is 133 Å². The number of aromatic nitrogens is 1. The van der Waals surface area contributed by atoms with Crippen molar-refractivity contribution in [3.8, 4) is 16.8 Å². The first kappa shape index (κ1) is 29.6. The predicted octanol–water partition coefficient (Wildman–Crippen LogP) is 14.1. The number of anilines is 3. The second kappa shape index (κ2) is 11.7. The minimum absolute atomic E-state index is 0.869. The van der Waals surface area contributed by atoms with Gasteiger partial charge >= 0.3 is 0 Å². The fourth-order valence-electron chi connectivity index (χ4n) is 8.35. The Morgan fingerprint density at radius 1 is 0.396 bits per heavy atom. The van der Waals surface area contributed by atoms with Crippen molar-refractivity contribution in [2.75, 3.05) is 4.90 Å². The predicted molar refractivity (Wildman–Crippen MR) is 223 cm³/mol. The zero-order valence-corrected chi connectivity index (χ0v) is 28.8. The fraction of sp³-hybridized carbons (Fsp3) is 0. The monoisotopic (exact) mass is 676 g/mol. The largest absolute Gasteiger partial charge is 0.454 e. The molecule has 0 saturated carbocycles. The van der Waals surface area contributed by atoms with E-state index in [0.29, 0.717) is 0 Å². The normalized spacial score (nSPS) is 11.8. The lowest BCUT2D eigenvalue weighted by Crippen LogP contribution is -2.10. The van der Waals surface area contributed by atoms with Gasteiger partial charge in [-0.05, 0) is 93.3 Å². The van der Waals surface area contributed by atoms with Crippen LogP contribution in [0, 0.1) is 0 Å². The SMILES string of the molecule is c1ccc(-c2ccc(N(c3ccc4c(c3)c3ccccc3n4-c3ccccc3)c3cc4ccccc4c4c3oc3ccc5ccccc5c34)cc2)cc1. The number of fused-ring (bicyclic) bond motifs is 10. The van der Waals surface area contributed by atoms with Gasteiger partial charge in [0, 0.05) is 38.6 Å². The number of para-hydroxylation sites is 2. The van der Waals surface area contributed by atoms with E-state index in [0.717, 1.165) is 44.7 Å². The first-order chi connectivity index (χ1) is 26.3. The third-order valence-corrected chi connectivity index (χ3v) is 10.7. The molecule has 3 heteroatoms. The third-order valence-electron chi connectivity index (χ3n) is 10.7. The van der Waals surface area contributed by atoms with Crippen LogP contribution in [-0.4, -0.2) is 4.57 Å². The van der Waals surface area contributed by atoms with Crippen LogP contribution in [-0.2, 0) is 0 Å². The summed E-state index contributed by atoms with van der Waals surface area (Å²) in [6.07, 6.45) is 0. The Morgan fingerprint density at radius 2 is 1.00 bits per heavy atom. The average molecular weight is 677 g/mol. The molecule has 9 aromatic carbocycles.